The van der Waals surface area contributed by atoms with Gasteiger partial charge in [-0.15, -0.1) is 0 Å². The smallest absolute Gasteiger partial charge is 0.219 e. The number of benzene rings is 1. The fourth-order valence-corrected chi connectivity index (χ4v) is 2.10. The standard InChI is InChI=1S/C16H19ClN2O/c1-3-7-18-11-13-6-8-19-16(10-13)20-15-5-4-12(2)9-14(15)17/h4-6,8-10,18H,3,7,11H2,1-2H3. The van der Waals surface area contributed by atoms with Crippen molar-refractivity contribution in [2.24, 2.45) is 0 Å². The molecule has 0 radical (unpaired) electrons. The van der Waals surface area contributed by atoms with E-state index in [2.05, 4.69) is 17.2 Å². The van der Waals surface area contributed by atoms with Crippen molar-refractivity contribution in [1.82, 2.24) is 10.3 Å². The summed E-state index contributed by atoms with van der Waals surface area (Å²) in [5.41, 5.74) is 2.25. The van der Waals surface area contributed by atoms with Crippen molar-refractivity contribution in [3.63, 3.8) is 0 Å². The molecule has 0 unspecified atom stereocenters. The molecule has 0 aliphatic rings. The third-order valence-electron chi connectivity index (χ3n) is 2.86. The zero-order valence-corrected chi connectivity index (χ0v) is 12.6. The lowest BCUT2D eigenvalue weighted by molar-refractivity contribution is 0.462. The number of nitrogens with one attached hydrogen (secondary N) is 1. The summed E-state index contributed by atoms with van der Waals surface area (Å²) in [6.45, 7) is 5.96. The first-order valence-electron chi connectivity index (χ1n) is 6.78. The van der Waals surface area contributed by atoms with Crippen molar-refractivity contribution in [3.05, 3.63) is 52.7 Å². The highest BCUT2D eigenvalue weighted by Gasteiger charge is 2.05. The van der Waals surface area contributed by atoms with Gasteiger partial charge in [-0.25, -0.2) is 4.98 Å². The van der Waals surface area contributed by atoms with Gasteiger partial charge in [0, 0.05) is 18.8 Å². The van der Waals surface area contributed by atoms with E-state index in [-0.39, 0.29) is 0 Å². The van der Waals surface area contributed by atoms with Crippen LogP contribution < -0.4 is 10.1 Å². The molecule has 0 fully saturated rings. The first-order chi connectivity index (χ1) is 9.69. The number of hydrogen-bond donors (Lipinski definition) is 1. The van der Waals surface area contributed by atoms with E-state index in [0.29, 0.717) is 16.7 Å². The lowest BCUT2D eigenvalue weighted by Gasteiger charge is -2.09. The highest BCUT2D eigenvalue weighted by molar-refractivity contribution is 6.32. The second-order valence-electron chi connectivity index (χ2n) is 4.72. The van der Waals surface area contributed by atoms with Gasteiger partial charge >= 0.3 is 0 Å². The summed E-state index contributed by atoms with van der Waals surface area (Å²) in [7, 11) is 0. The van der Waals surface area contributed by atoms with Crippen molar-refractivity contribution in [2.45, 2.75) is 26.8 Å². The fourth-order valence-electron chi connectivity index (χ4n) is 1.83. The van der Waals surface area contributed by atoms with Crippen LogP contribution in [0.15, 0.2) is 36.5 Å². The van der Waals surface area contributed by atoms with Crippen LogP contribution in [0.2, 0.25) is 5.02 Å². The normalized spacial score (nSPS) is 10.6. The molecule has 106 valence electrons. The van der Waals surface area contributed by atoms with Crippen LogP contribution in [0, 0.1) is 6.92 Å². The first kappa shape index (κ1) is 14.8. The Kier molecular flexibility index (Phi) is 5.39. The van der Waals surface area contributed by atoms with E-state index in [9.17, 15) is 0 Å². The maximum absolute atomic E-state index is 6.16. The average molecular weight is 291 g/mol. The Morgan fingerprint density at radius 1 is 1.25 bits per heavy atom. The van der Waals surface area contributed by atoms with E-state index < -0.39 is 0 Å². The van der Waals surface area contributed by atoms with E-state index in [1.165, 1.54) is 0 Å². The average Bonchev–Trinajstić information content (AvgIpc) is 2.43. The Morgan fingerprint density at radius 2 is 2.10 bits per heavy atom. The largest absolute Gasteiger partial charge is 0.437 e. The molecule has 1 aromatic heterocycles. The SMILES string of the molecule is CCCNCc1ccnc(Oc2ccc(C)cc2Cl)c1. The third-order valence-corrected chi connectivity index (χ3v) is 3.15. The molecule has 1 aromatic carbocycles. The van der Waals surface area contributed by atoms with Gasteiger partial charge in [0.1, 0.15) is 5.75 Å². The molecule has 0 aliphatic heterocycles. The zero-order valence-electron chi connectivity index (χ0n) is 11.8. The topological polar surface area (TPSA) is 34.2 Å². The summed E-state index contributed by atoms with van der Waals surface area (Å²) < 4.78 is 5.74. The maximum Gasteiger partial charge on any atom is 0.219 e. The Labute approximate surface area is 124 Å². The van der Waals surface area contributed by atoms with Crippen LogP contribution in [0.25, 0.3) is 0 Å². The van der Waals surface area contributed by atoms with E-state index in [1.807, 2.05) is 37.3 Å². The minimum atomic E-state index is 0.562. The van der Waals surface area contributed by atoms with Crippen molar-refractivity contribution in [2.75, 3.05) is 6.54 Å². The number of nitrogens with zero attached hydrogens (tertiary/aromatic N) is 1. The Hall–Kier alpha value is -1.58. The van der Waals surface area contributed by atoms with Gasteiger partial charge in [-0.1, -0.05) is 24.6 Å². The number of hydrogen-bond acceptors (Lipinski definition) is 3. The molecule has 0 amide bonds. The molecular weight excluding hydrogens is 272 g/mol. The van der Waals surface area contributed by atoms with Gasteiger partial charge in [0.05, 0.1) is 5.02 Å². The first-order valence-corrected chi connectivity index (χ1v) is 7.16. The van der Waals surface area contributed by atoms with Crippen LogP contribution in [-0.4, -0.2) is 11.5 Å². The second kappa shape index (κ2) is 7.27. The summed E-state index contributed by atoms with van der Waals surface area (Å²) in [6, 6.07) is 9.61. The summed E-state index contributed by atoms with van der Waals surface area (Å²) in [4.78, 5) is 4.22. The Balaban J connectivity index is 2.07. The predicted molar refractivity (Wildman–Crippen MR) is 82.5 cm³/mol. The van der Waals surface area contributed by atoms with Crippen molar-refractivity contribution >= 4 is 11.6 Å². The summed E-state index contributed by atoms with van der Waals surface area (Å²) in [5.74, 6) is 1.19. The molecule has 4 heteroatoms. The molecular formula is C16H19ClN2O. The minimum absolute atomic E-state index is 0.562. The second-order valence-corrected chi connectivity index (χ2v) is 5.12. The number of aromatic nitrogens is 1. The molecule has 0 atom stereocenters. The molecule has 20 heavy (non-hydrogen) atoms. The van der Waals surface area contributed by atoms with Crippen LogP contribution in [0.5, 0.6) is 11.6 Å². The predicted octanol–water partition coefficient (Wildman–Crippen LogP) is 4.34. The molecule has 0 saturated heterocycles. The lowest BCUT2D eigenvalue weighted by Crippen LogP contribution is -2.13. The van der Waals surface area contributed by atoms with E-state index in [0.717, 1.165) is 30.6 Å². The molecule has 0 saturated carbocycles. The van der Waals surface area contributed by atoms with Crippen molar-refractivity contribution in [1.29, 1.82) is 0 Å². The van der Waals surface area contributed by atoms with Gasteiger partial charge < -0.3 is 10.1 Å². The van der Waals surface area contributed by atoms with Crippen molar-refractivity contribution < 1.29 is 4.74 Å². The van der Waals surface area contributed by atoms with Gasteiger partial charge in [-0.3, -0.25) is 0 Å². The zero-order chi connectivity index (χ0) is 14.4. The number of halogens is 1. The number of pyridine rings is 1. The van der Waals surface area contributed by atoms with E-state index >= 15 is 0 Å². The summed E-state index contributed by atoms with van der Waals surface area (Å²) in [5, 5.41) is 3.95. The van der Waals surface area contributed by atoms with E-state index in [1.54, 1.807) is 6.20 Å². The van der Waals surface area contributed by atoms with E-state index in [4.69, 9.17) is 16.3 Å². The van der Waals surface area contributed by atoms with Crippen molar-refractivity contribution in [3.8, 4) is 11.6 Å². The Morgan fingerprint density at radius 3 is 2.85 bits per heavy atom. The van der Waals surface area contributed by atoms with Crippen LogP contribution in [0.1, 0.15) is 24.5 Å². The molecule has 0 bridgehead atoms. The molecule has 0 aliphatic carbocycles. The van der Waals surface area contributed by atoms with Gasteiger partial charge in [-0.2, -0.15) is 0 Å². The molecule has 1 N–H and O–H groups in total. The number of aryl methyl sites for hydroxylation is 1. The third kappa shape index (κ3) is 4.22. The molecule has 2 rings (SSSR count). The number of ether oxygens (including phenoxy) is 1. The van der Waals surface area contributed by atoms with Gasteiger partial charge in [-0.05, 0) is 49.2 Å². The lowest BCUT2D eigenvalue weighted by atomic mass is 10.2. The Bertz CT molecular complexity index is 572. The molecule has 1 heterocycles. The van der Waals surface area contributed by atoms with Gasteiger partial charge in [0.25, 0.3) is 0 Å². The van der Waals surface area contributed by atoms with Crippen LogP contribution in [-0.2, 0) is 6.54 Å². The molecule has 0 spiro atoms. The minimum Gasteiger partial charge on any atom is -0.437 e. The highest BCUT2D eigenvalue weighted by Crippen LogP contribution is 2.29. The quantitative estimate of drug-likeness (QED) is 0.804. The van der Waals surface area contributed by atoms with Gasteiger partial charge in [0.15, 0.2) is 0 Å². The molecule has 2 aromatic rings. The monoisotopic (exact) mass is 290 g/mol. The summed E-state index contributed by atoms with van der Waals surface area (Å²) >= 11 is 6.16. The number of rotatable bonds is 6. The van der Waals surface area contributed by atoms with Crippen LogP contribution in [0.3, 0.4) is 0 Å². The highest BCUT2D eigenvalue weighted by atomic mass is 35.5. The molecule has 3 nitrogen and oxygen atoms in total. The van der Waals surface area contributed by atoms with Crippen LogP contribution in [0.4, 0.5) is 0 Å². The fraction of sp³-hybridized carbons (Fsp3) is 0.312. The van der Waals surface area contributed by atoms with Crippen LogP contribution >= 0.6 is 11.6 Å². The van der Waals surface area contributed by atoms with Gasteiger partial charge in [0.2, 0.25) is 5.88 Å². The summed E-state index contributed by atoms with van der Waals surface area (Å²) in [6.07, 6.45) is 2.87. The maximum atomic E-state index is 6.16.